The van der Waals surface area contributed by atoms with Crippen LogP contribution in [0.4, 0.5) is 5.69 Å². The minimum absolute atomic E-state index is 0.113. The molecule has 0 aromatic heterocycles. The zero-order valence-electron chi connectivity index (χ0n) is 25.0. The number of carbonyl (C=O) groups is 2. The highest BCUT2D eigenvalue weighted by Gasteiger charge is 2.47. The number of anilines is 1. The third-order valence-corrected chi connectivity index (χ3v) is 9.74. The average molecular weight is 622 g/mol. The predicted molar refractivity (Wildman–Crippen MR) is 171 cm³/mol. The minimum Gasteiger partial charge on any atom is -0.453 e. The SMILES string of the molecule is CC(=O)OC1=C(C(c2cccc(NS(=O)(=O)c3ccccc3)c2)C2CC2)C(=O)OC(c2ccccc2)C1CCc1ccccc1. The Morgan fingerprint density at radius 1 is 0.889 bits per heavy atom. The molecule has 3 atom stereocenters. The molecule has 1 saturated carbocycles. The maximum atomic E-state index is 14.1. The molecule has 1 heterocycles. The van der Waals surface area contributed by atoms with Gasteiger partial charge in [-0.15, -0.1) is 0 Å². The zero-order valence-corrected chi connectivity index (χ0v) is 25.8. The quantitative estimate of drug-likeness (QED) is 0.176. The summed E-state index contributed by atoms with van der Waals surface area (Å²) in [4.78, 5) is 26.8. The van der Waals surface area contributed by atoms with E-state index in [1.165, 1.54) is 19.1 Å². The van der Waals surface area contributed by atoms with Crippen molar-refractivity contribution >= 4 is 27.6 Å². The highest BCUT2D eigenvalue weighted by molar-refractivity contribution is 7.92. The number of rotatable bonds is 11. The predicted octanol–water partition coefficient (Wildman–Crippen LogP) is 7.35. The van der Waals surface area contributed by atoms with Crippen LogP contribution in [0.15, 0.2) is 131 Å². The van der Waals surface area contributed by atoms with Gasteiger partial charge in [0.15, 0.2) is 0 Å². The van der Waals surface area contributed by atoms with Gasteiger partial charge in [-0.25, -0.2) is 13.2 Å². The maximum Gasteiger partial charge on any atom is 0.338 e. The fourth-order valence-electron chi connectivity index (χ4n) is 6.17. The Morgan fingerprint density at radius 2 is 1.53 bits per heavy atom. The van der Waals surface area contributed by atoms with E-state index in [9.17, 15) is 18.0 Å². The van der Waals surface area contributed by atoms with Crippen LogP contribution < -0.4 is 4.72 Å². The van der Waals surface area contributed by atoms with Crippen molar-refractivity contribution in [2.75, 3.05) is 4.72 Å². The molecule has 1 fully saturated rings. The summed E-state index contributed by atoms with van der Waals surface area (Å²) in [7, 11) is -3.83. The highest BCUT2D eigenvalue weighted by atomic mass is 32.2. The first-order chi connectivity index (χ1) is 21.8. The Bertz CT molecular complexity index is 1800. The van der Waals surface area contributed by atoms with Crippen LogP contribution in [0.2, 0.25) is 0 Å². The lowest BCUT2D eigenvalue weighted by Crippen LogP contribution is -2.34. The van der Waals surface area contributed by atoms with Gasteiger partial charge in [-0.05, 0) is 72.6 Å². The summed E-state index contributed by atoms with van der Waals surface area (Å²) in [6.45, 7) is 1.35. The van der Waals surface area contributed by atoms with Gasteiger partial charge in [-0.3, -0.25) is 9.52 Å². The summed E-state index contributed by atoms with van der Waals surface area (Å²) in [5, 5.41) is 0. The molecule has 4 aromatic carbocycles. The second kappa shape index (κ2) is 13.1. The number of nitrogens with one attached hydrogen (secondary N) is 1. The summed E-state index contributed by atoms with van der Waals surface area (Å²) in [6.07, 6.45) is 2.40. The molecule has 2 aliphatic rings. The topological polar surface area (TPSA) is 98.8 Å². The summed E-state index contributed by atoms with van der Waals surface area (Å²) < 4.78 is 41.1. The standard InChI is InChI=1S/C37H35NO6S/c1-25(39)43-36-32(23-20-26-12-5-2-6-13-26)35(28-14-7-3-8-15-28)44-37(40)34(36)33(27-21-22-27)29-16-11-17-30(24-29)38-45(41,42)31-18-9-4-10-19-31/h2-19,24,27,32-33,35,38H,20-23H2,1H3. The number of sulfonamides is 1. The number of cyclic esters (lactones) is 1. The van der Waals surface area contributed by atoms with Crippen LogP contribution in [0.3, 0.4) is 0 Å². The minimum atomic E-state index is -3.83. The van der Waals surface area contributed by atoms with Crippen LogP contribution in [0, 0.1) is 11.8 Å². The Balaban J connectivity index is 1.43. The van der Waals surface area contributed by atoms with Crippen LogP contribution in [0.5, 0.6) is 0 Å². The molecule has 0 amide bonds. The summed E-state index contributed by atoms with van der Waals surface area (Å²) >= 11 is 0. The Kier molecular flexibility index (Phi) is 8.85. The van der Waals surface area contributed by atoms with Crippen molar-refractivity contribution < 1.29 is 27.5 Å². The zero-order chi connectivity index (χ0) is 31.4. The Hall–Kier alpha value is -4.69. The molecular formula is C37H35NO6S. The van der Waals surface area contributed by atoms with Crippen molar-refractivity contribution in [3.8, 4) is 0 Å². The van der Waals surface area contributed by atoms with E-state index < -0.39 is 39.9 Å². The van der Waals surface area contributed by atoms with Crippen LogP contribution in [0.1, 0.15) is 54.9 Å². The second-order valence-corrected chi connectivity index (χ2v) is 13.3. The first-order valence-corrected chi connectivity index (χ1v) is 16.7. The lowest BCUT2D eigenvalue weighted by atomic mass is 9.78. The van der Waals surface area contributed by atoms with Gasteiger partial charge in [-0.2, -0.15) is 0 Å². The van der Waals surface area contributed by atoms with Crippen molar-refractivity contribution in [3.63, 3.8) is 0 Å². The van der Waals surface area contributed by atoms with Gasteiger partial charge < -0.3 is 9.47 Å². The summed E-state index contributed by atoms with van der Waals surface area (Å²) in [6, 6.07) is 34.9. The number of hydrogen-bond acceptors (Lipinski definition) is 6. The van der Waals surface area contributed by atoms with Gasteiger partial charge >= 0.3 is 11.9 Å². The van der Waals surface area contributed by atoms with E-state index in [0.717, 1.165) is 29.5 Å². The highest BCUT2D eigenvalue weighted by Crippen LogP contribution is 2.52. The number of benzene rings is 4. The van der Waals surface area contributed by atoms with E-state index in [1.54, 1.807) is 36.4 Å². The third kappa shape index (κ3) is 7.02. The van der Waals surface area contributed by atoms with Crippen LogP contribution in [-0.4, -0.2) is 20.4 Å². The second-order valence-electron chi connectivity index (χ2n) is 11.6. The Labute approximate surface area is 264 Å². The van der Waals surface area contributed by atoms with Crippen LogP contribution >= 0.6 is 0 Å². The van der Waals surface area contributed by atoms with E-state index in [1.807, 2.05) is 54.6 Å². The van der Waals surface area contributed by atoms with Crippen LogP contribution in [0.25, 0.3) is 0 Å². The van der Waals surface area contributed by atoms with Gasteiger partial charge in [0.05, 0.1) is 16.4 Å². The van der Waals surface area contributed by atoms with Crippen molar-refractivity contribution in [1.29, 1.82) is 0 Å². The molecule has 0 radical (unpaired) electrons. The molecule has 1 aliphatic carbocycles. The number of hydrogen-bond donors (Lipinski definition) is 1. The van der Waals surface area contributed by atoms with E-state index >= 15 is 0 Å². The lowest BCUT2D eigenvalue weighted by molar-refractivity contribution is -0.154. The van der Waals surface area contributed by atoms with Crippen LogP contribution in [-0.2, 0) is 35.5 Å². The van der Waals surface area contributed by atoms with Crippen molar-refractivity contribution in [3.05, 3.63) is 143 Å². The molecule has 1 aliphatic heterocycles. The normalized spacial score (nSPS) is 19.0. The Morgan fingerprint density at radius 3 is 2.18 bits per heavy atom. The monoisotopic (exact) mass is 621 g/mol. The number of ether oxygens (including phenoxy) is 2. The van der Waals surface area contributed by atoms with E-state index in [4.69, 9.17) is 9.47 Å². The van der Waals surface area contributed by atoms with Gasteiger partial charge in [0, 0.05) is 18.5 Å². The molecule has 7 nitrogen and oxygen atoms in total. The largest absolute Gasteiger partial charge is 0.453 e. The molecule has 8 heteroatoms. The van der Waals surface area contributed by atoms with Crippen molar-refractivity contribution in [2.45, 2.75) is 49.5 Å². The smallest absolute Gasteiger partial charge is 0.338 e. The molecule has 0 bridgehead atoms. The first kappa shape index (κ1) is 30.3. The van der Waals surface area contributed by atoms with E-state index in [-0.39, 0.29) is 10.8 Å². The fraction of sp³-hybridized carbons (Fsp3) is 0.243. The molecule has 0 spiro atoms. The molecular weight excluding hydrogens is 586 g/mol. The maximum absolute atomic E-state index is 14.1. The van der Waals surface area contributed by atoms with Gasteiger partial charge in [0.25, 0.3) is 10.0 Å². The van der Waals surface area contributed by atoms with Gasteiger partial charge in [0.2, 0.25) is 0 Å². The molecule has 45 heavy (non-hydrogen) atoms. The van der Waals surface area contributed by atoms with Crippen molar-refractivity contribution in [1.82, 2.24) is 0 Å². The number of aryl methyl sites for hydroxylation is 1. The summed E-state index contributed by atoms with van der Waals surface area (Å²) in [5.74, 6) is -1.43. The van der Waals surface area contributed by atoms with Gasteiger partial charge in [-0.1, -0.05) is 91.0 Å². The number of carbonyl (C=O) groups excluding carboxylic acids is 2. The average Bonchev–Trinajstić information content (AvgIpc) is 3.88. The van der Waals surface area contributed by atoms with Gasteiger partial charge in [0.1, 0.15) is 11.9 Å². The molecule has 0 saturated heterocycles. The van der Waals surface area contributed by atoms with E-state index in [0.29, 0.717) is 29.9 Å². The fourth-order valence-corrected chi connectivity index (χ4v) is 7.24. The van der Waals surface area contributed by atoms with E-state index in [2.05, 4.69) is 16.9 Å². The molecule has 230 valence electrons. The molecule has 3 unspecified atom stereocenters. The molecule has 1 N–H and O–H groups in total. The lowest BCUT2D eigenvalue weighted by Gasteiger charge is -2.36. The third-order valence-electron chi connectivity index (χ3n) is 8.35. The molecule has 6 rings (SSSR count). The summed E-state index contributed by atoms with van der Waals surface area (Å²) in [5.41, 5.74) is 3.42. The van der Waals surface area contributed by atoms with Crippen molar-refractivity contribution in [2.24, 2.45) is 11.8 Å². The molecule has 4 aromatic rings. The number of esters is 2. The first-order valence-electron chi connectivity index (χ1n) is 15.2.